The van der Waals surface area contributed by atoms with Gasteiger partial charge in [0.2, 0.25) is 12.7 Å². The summed E-state index contributed by atoms with van der Waals surface area (Å²) in [4.78, 5) is 20.7. The summed E-state index contributed by atoms with van der Waals surface area (Å²) in [5.74, 6) is 0.883. The summed E-state index contributed by atoms with van der Waals surface area (Å²) < 4.78 is 10.6. The largest absolute Gasteiger partial charge is 0.454 e. The normalized spacial score (nSPS) is 12.2. The van der Waals surface area contributed by atoms with E-state index in [1.165, 1.54) is 11.3 Å². The summed E-state index contributed by atoms with van der Waals surface area (Å²) in [7, 11) is 0. The molecule has 25 heavy (non-hydrogen) atoms. The van der Waals surface area contributed by atoms with Crippen LogP contribution in [0.1, 0.15) is 5.56 Å². The Morgan fingerprint density at radius 1 is 1.24 bits per heavy atom. The van der Waals surface area contributed by atoms with E-state index in [0.717, 1.165) is 11.3 Å². The molecule has 126 valence electrons. The molecule has 0 atom stereocenters. The maximum absolute atomic E-state index is 12.3. The van der Waals surface area contributed by atoms with E-state index in [1.54, 1.807) is 24.5 Å². The molecule has 1 amide bonds. The van der Waals surface area contributed by atoms with Crippen molar-refractivity contribution in [1.29, 1.82) is 0 Å². The third-order valence-corrected chi connectivity index (χ3v) is 4.81. The van der Waals surface area contributed by atoms with Gasteiger partial charge < -0.3 is 14.8 Å². The van der Waals surface area contributed by atoms with Crippen LogP contribution in [0.3, 0.4) is 0 Å². The molecule has 1 aliphatic heterocycles. The first-order chi connectivity index (χ1) is 12.2. The molecule has 0 aliphatic carbocycles. The molecular weight excluding hydrogens is 362 g/mol. The van der Waals surface area contributed by atoms with Gasteiger partial charge in [-0.1, -0.05) is 17.7 Å². The first-order valence-corrected chi connectivity index (χ1v) is 8.69. The lowest BCUT2D eigenvalue weighted by Crippen LogP contribution is -2.14. The maximum Gasteiger partial charge on any atom is 0.231 e. The Balaban J connectivity index is 1.46. The number of carbonyl (C=O) groups is 1. The monoisotopic (exact) mass is 373 g/mol. The Hall–Kier alpha value is -2.64. The highest BCUT2D eigenvalue weighted by molar-refractivity contribution is 7.14. The number of nitrogens with one attached hydrogen (secondary N) is 1. The van der Waals surface area contributed by atoms with Gasteiger partial charge in [-0.05, 0) is 23.8 Å². The van der Waals surface area contributed by atoms with E-state index in [0.29, 0.717) is 27.2 Å². The summed E-state index contributed by atoms with van der Waals surface area (Å²) in [6, 6.07) is 7.25. The average Bonchev–Trinajstić information content (AvgIpc) is 3.28. The van der Waals surface area contributed by atoms with E-state index < -0.39 is 0 Å². The number of thiazole rings is 1. The van der Waals surface area contributed by atoms with Crippen molar-refractivity contribution in [2.24, 2.45) is 0 Å². The van der Waals surface area contributed by atoms with Gasteiger partial charge in [-0.2, -0.15) is 0 Å². The van der Waals surface area contributed by atoms with Crippen LogP contribution in [0.2, 0.25) is 5.02 Å². The molecule has 4 rings (SSSR count). The van der Waals surface area contributed by atoms with Crippen molar-refractivity contribution in [3.05, 3.63) is 52.6 Å². The van der Waals surface area contributed by atoms with Crippen LogP contribution in [0.15, 0.2) is 42.0 Å². The molecule has 6 nitrogen and oxygen atoms in total. The number of fused-ring (bicyclic) bond motifs is 1. The van der Waals surface area contributed by atoms with Crippen molar-refractivity contribution >= 4 is 34.0 Å². The number of hydrogen-bond donors (Lipinski definition) is 1. The third-order valence-electron chi connectivity index (χ3n) is 3.64. The van der Waals surface area contributed by atoms with Crippen molar-refractivity contribution in [1.82, 2.24) is 9.97 Å². The standard InChI is InChI=1S/C17H12ClN3O3S/c18-15-11(1-2-13-16(15)24-9-23-13)7-14(22)21-17-20-12(8-25-17)10-3-5-19-6-4-10/h1-6,8H,7,9H2,(H,20,21,22). The maximum atomic E-state index is 12.3. The zero-order valence-electron chi connectivity index (χ0n) is 12.9. The molecule has 3 heterocycles. The topological polar surface area (TPSA) is 73.3 Å². The molecule has 2 aromatic heterocycles. The summed E-state index contributed by atoms with van der Waals surface area (Å²) in [5, 5.41) is 5.63. The summed E-state index contributed by atoms with van der Waals surface area (Å²) >= 11 is 7.65. The molecule has 0 spiro atoms. The lowest BCUT2D eigenvalue weighted by Gasteiger charge is -2.06. The van der Waals surface area contributed by atoms with Crippen LogP contribution < -0.4 is 14.8 Å². The number of nitrogens with zero attached hydrogens (tertiary/aromatic N) is 2. The number of amides is 1. The van der Waals surface area contributed by atoms with Crippen molar-refractivity contribution in [3.63, 3.8) is 0 Å². The van der Waals surface area contributed by atoms with Gasteiger partial charge in [-0.15, -0.1) is 11.3 Å². The van der Waals surface area contributed by atoms with Gasteiger partial charge in [0.25, 0.3) is 0 Å². The van der Waals surface area contributed by atoms with Gasteiger partial charge in [0.1, 0.15) is 0 Å². The number of rotatable bonds is 4. The fraction of sp³-hybridized carbons (Fsp3) is 0.118. The molecule has 0 bridgehead atoms. The van der Waals surface area contributed by atoms with Crippen molar-refractivity contribution in [2.45, 2.75) is 6.42 Å². The highest BCUT2D eigenvalue weighted by atomic mass is 35.5. The summed E-state index contributed by atoms with van der Waals surface area (Å²) in [6.45, 7) is 0.140. The van der Waals surface area contributed by atoms with Crippen molar-refractivity contribution in [2.75, 3.05) is 12.1 Å². The molecule has 1 aromatic carbocycles. The number of halogens is 1. The molecular formula is C17H12ClN3O3S. The van der Waals surface area contributed by atoms with Crippen LogP contribution in [-0.4, -0.2) is 22.7 Å². The van der Waals surface area contributed by atoms with Crippen LogP contribution >= 0.6 is 22.9 Å². The van der Waals surface area contributed by atoms with Gasteiger partial charge in [0.05, 0.1) is 17.1 Å². The average molecular weight is 374 g/mol. The van der Waals surface area contributed by atoms with Crippen molar-refractivity contribution < 1.29 is 14.3 Å². The van der Waals surface area contributed by atoms with Crippen LogP contribution in [0.5, 0.6) is 11.5 Å². The molecule has 1 N–H and O–H groups in total. The van der Waals surface area contributed by atoms with E-state index in [4.69, 9.17) is 21.1 Å². The highest BCUT2D eigenvalue weighted by Gasteiger charge is 2.21. The van der Waals surface area contributed by atoms with Gasteiger partial charge in [-0.25, -0.2) is 4.98 Å². The molecule has 3 aromatic rings. The molecule has 0 fully saturated rings. The molecule has 0 saturated heterocycles. The predicted molar refractivity (Wildman–Crippen MR) is 95.3 cm³/mol. The van der Waals surface area contributed by atoms with E-state index in [1.807, 2.05) is 17.5 Å². The molecule has 0 unspecified atom stereocenters. The lowest BCUT2D eigenvalue weighted by molar-refractivity contribution is -0.115. The second-order valence-corrected chi connectivity index (χ2v) is 6.51. The number of ether oxygens (including phenoxy) is 2. The zero-order chi connectivity index (χ0) is 17.2. The first kappa shape index (κ1) is 15.9. The highest BCUT2D eigenvalue weighted by Crippen LogP contribution is 2.41. The van der Waals surface area contributed by atoms with Crippen LogP contribution in [-0.2, 0) is 11.2 Å². The van der Waals surface area contributed by atoms with E-state index in [-0.39, 0.29) is 19.1 Å². The minimum atomic E-state index is -0.198. The van der Waals surface area contributed by atoms with E-state index in [2.05, 4.69) is 15.3 Å². The Labute approximate surface area is 152 Å². The second-order valence-electron chi connectivity index (χ2n) is 5.27. The van der Waals surface area contributed by atoms with E-state index in [9.17, 15) is 4.79 Å². The number of carbonyl (C=O) groups excluding carboxylic acids is 1. The number of benzene rings is 1. The number of hydrogen-bond acceptors (Lipinski definition) is 6. The van der Waals surface area contributed by atoms with Crippen LogP contribution in [0, 0.1) is 0 Å². The quantitative estimate of drug-likeness (QED) is 0.753. The number of anilines is 1. The number of pyridine rings is 1. The molecule has 0 saturated carbocycles. The third kappa shape index (κ3) is 3.29. The number of aromatic nitrogens is 2. The van der Waals surface area contributed by atoms with Gasteiger partial charge >= 0.3 is 0 Å². The molecule has 8 heteroatoms. The fourth-order valence-corrected chi connectivity index (χ4v) is 3.45. The minimum Gasteiger partial charge on any atom is -0.454 e. The smallest absolute Gasteiger partial charge is 0.231 e. The minimum absolute atomic E-state index is 0.125. The SMILES string of the molecule is O=C(Cc1ccc2c(c1Cl)OCO2)Nc1nc(-c2ccncc2)cs1. The van der Waals surface area contributed by atoms with Gasteiger partial charge in [-0.3, -0.25) is 9.78 Å². The molecule has 1 aliphatic rings. The van der Waals surface area contributed by atoms with Gasteiger partial charge in [0, 0.05) is 23.3 Å². The Bertz CT molecular complexity index is 930. The van der Waals surface area contributed by atoms with Crippen LogP contribution in [0.25, 0.3) is 11.3 Å². The summed E-state index contributed by atoms with van der Waals surface area (Å²) in [5.41, 5.74) is 2.42. The van der Waals surface area contributed by atoms with Crippen molar-refractivity contribution in [3.8, 4) is 22.8 Å². The Morgan fingerprint density at radius 2 is 2.08 bits per heavy atom. The second kappa shape index (κ2) is 6.70. The first-order valence-electron chi connectivity index (χ1n) is 7.43. The molecule has 0 radical (unpaired) electrons. The van der Waals surface area contributed by atoms with E-state index >= 15 is 0 Å². The fourth-order valence-electron chi connectivity index (χ4n) is 2.44. The Morgan fingerprint density at radius 3 is 2.92 bits per heavy atom. The lowest BCUT2D eigenvalue weighted by atomic mass is 10.1. The predicted octanol–water partition coefficient (Wildman–Crippen LogP) is 3.77. The summed E-state index contributed by atoms with van der Waals surface area (Å²) in [6.07, 6.45) is 3.53. The van der Waals surface area contributed by atoms with Crippen LogP contribution in [0.4, 0.5) is 5.13 Å². The zero-order valence-corrected chi connectivity index (χ0v) is 14.4. The Kier molecular flexibility index (Phi) is 4.25. The van der Waals surface area contributed by atoms with Gasteiger partial charge in [0.15, 0.2) is 16.6 Å².